The van der Waals surface area contributed by atoms with Crippen molar-refractivity contribution in [1.29, 1.82) is 0 Å². The monoisotopic (exact) mass is 220 g/mol. The van der Waals surface area contributed by atoms with Crippen LogP contribution in [0.4, 0.5) is 0 Å². The van der Waals surface area contributed by atoms with Crippen molar-refractivity contribution in [2.24, 2.45) is 0 Å². The van der Waals surface area contributed by atoms with Crippen LogP contribution in [-0.4, -0.2) is 50.7 Å². The number of rotatable bonds is 6. The second-order valence-corrected chi connectivity index (χ2v) is 2.86. The summed E-state index contributed by atoms with van der Waals surface area (Å²) in [6.07, 6.45) is 1.54. The summed E-state index contributed by atoms with van der Waals surface area (Å²) in [6.45, 7) is 5.00. The smallest absolute Gasteiger partial charge is 0.305 e. The number of aliphatic hydroxyl groups is 1. The number of hydrogen-bond acceptors (Lipinski definition) is 5. The summed E-state index contributed by atoms with van der Waals surface area (Å²) in [5, 5.41) is 8.26. The maximum Gasteiger partial charge on any atom is 0.305 e. The van der Waals surface area contributed by atoms with Crippen molar-refractivity contribution in [2.75, 3.05) is 39.6 Å². The Bertz CT molecular complexity index is 135. The van der Waals surface area contributed by atoms with E-state index in [0.29, 0.717) is 32.8 Å². The SMILES string of the molecule is CCOCCOCCO.O=C1CCCO1. The third-order valence-electron chi connectivity index (χ3n) is 1.60. The standard InChI is InChI=1S/C6H14O3.C4H6O2/c1-2-8-5-6-9-4-3-7;5-4-2-1-3-6-4/h7H,2-6H2,1H3;1-3H2. The van der Waals surface area contributed by atoms with Gasteiger partial charge in [-0.3, -0.25) is 4.79 Å². The lowest BCUT2D eigenvalue weighted by Crippen LogP contribution is -2.06. The van der Waals surface area contributed by atoms with Crippen LogP contribution in [0.15, 0.2) is 0 Å². The molecule has 0 atom stereocenters. The molecule has 0 unspecified atom stereocenters. The molecule has 1 rings (SSSR count). The van der Waals surface area contributed by atoms with E-state index >= 15 is 0 Å². The van der Waals surface area contributed by atoms with Crippen LogP contribution < -0.4 is 0 Å². The first-order valence-electron chi connectivity index (χ1n) is 5.23. The van der Waals surface area contributed by atoms with Gasteiger partial charge in [0.1, 0.15) is 0 Å². The van der Waals surface area contributed by atoms with Gasteiger partial charge in [0.25, 0.3) is 0 Å². The third kappa shape index (κ3) is 11.3. The predicted molar refractivity (Wildman–Crippen MR) is 54.6 cm³/mol. The molecular formula is C10H20O5. The molecule has 0 bridgehead atoms. The summed E-state index contributed by atoms with van der Waals surface area (Å²) in [5.41, 5.74) is 0. The minimum atomic E-state index is -0.0463. The number of hydrogen-bond donors (Lipinski definition) is 1. The number of aliphatic hydroxyl groups excluding tert-OH is 1. The van der Waals surface area contributed by atoms with Crippen LogP contribution in [0.5, 0.6) is 0 Å². The highest BCUT2D eigenvalue weighted by Gasteiger charge is 2.08. The van der Waals surface area contributed by atoms with E-state index in [1.54, 1.807) is 0 Å². The Kier molecular flexibility index (Phi) is 10.9. The molecule has 5 heteroatoms. The molecule has 0 aromatic rings. The molecule has 0 radical (unpaired) electrons. The largest absolute Gasteiger partial charge is 0.466 e. The van der Waals surface area contributed by atoms with Crippen LogP contribution in [0.1, 0.15) is 19.8 Å². The molecule has 1 aliphatic heterocycles. The van der Waals surface area contributed by atoms with Gasteiger partial charge in [0.15, 0.2) is 0 Å². The minimum Gasteiger partial charge on any atom is -0.466 e. The average Bonchev–Trinajstić information content (AvgIpc) is 2.70. The van der Waals surface area contributed by atoms with Gasteiger partial charge in [0.2, 0.25) is 0 Å². The molecule has 1 N–H and O–H groups in total. The topological polar surface area (TPSA) is 65.0 Å². The zero-order valence-corrected chi connectivity index (χ0v) is 9.24. The van der Waals surface area contributed by atoms with Crippen LogP contribution in [0.2, 0.25) is 0 Å². The highest BCUT2D eigenvalue weighted by molar-refractivity contribution is 5.70. The van der Waals surface area contributed by atoms with Gasteiger partial charge in [-0.25, -0.2) is 0 Å². The van der Waals surface area contributed by atoms with Crippen LogP contribution >= 0.6 is 0 Å². The van der Waals surface area contributed by atoms with Gasteiger partial charge in [-0.05, 0) is 13.3 Å². The molecule has 1 fully saturated rings. The number of carbonyl (C=O) groups is 1. The quantitative estimate of drug-likeness (QED) is 0.517. The van der Waals surface area contributed by atoms with E-state index in [9.17, 15) is 4.79 Å². The lowest BCUT2D eigenvalue weighted by atomic mass is 10.4. The Morgan fingerprint density at radius 1 is 1.33 bits per heavy atom. The summed E-state index contributed by atoms with van der Waals surface area (Å²) in [6, 6.07) is 0. The molecule has 0 spiro atoms. The molecule has 1 saturated heterocycles. The Morgan fingerprint density at radius 3 is 2.47 bits per heavy atom. The van der Waals surface area contributed by atoms with Crippen molar-refractivity contribution >= 4 is 5.97 Å². The Labute approximate surface area is 90.3 Å². The summed E-state index contributed by atoms with van der Waals surface area (Å²) in [5.74, 6) is -0.0463. The Morgan fingerprint density at radius 2 is 2.07 bits per heavy atom. The first kappa shape index (κ1) is 14.3. The van der Waals surface area contributed by atoms with Gasteiger partial charge in [-0.15, -0.1) is 0 Å². The van der Waals surface area contributed by atoms with Crippen molar-refractivity contribution < 1.29 is 24.1 Å². The maximum absolute atomic E-state index is 10.0. The zero-order valence-electron chi connectivity index (χ0n) is 9.24. The number of carbonyl (C=O) groups excluding carboxylic acids is 1. The van der Waals surface area contributed by atoms with Gasteiger partial charge in [-0.1, -0.05) is 0 Å². The Hall–Kier alpha value is -0.650. The molecular weight excluding hydrogens is 200 g/mol. The van der Waals surface area contributed by atoms with Crippen LogP contribution in [-0.2, 0) is 19.0 Å². The van der Waals surface area contributed by atoms with E-state index in [-0.39, 0.29) is 12.6 Å². The van der Waals surface area contributed by atoms with Gasteiger partial charge >= 0.3 is 5.97 Å². The predicted octanol–water partition coefficient (Wildman–Crippen LogP) is 0.355. The Balaban J connectivity index is 0.000000280. The molecule has 90 valence electrons. The van der Waals surface area contributed by atoms with E-state index in [1.165, 1.54) is 0 Å². The van der Waals surface area contributed by atoms with Gasteiger partial charge < -0.3 is 19.3 Å². The van der Waals surface area contributed by atoms with Crippen molar-refractivity contribution in [3.8, 4) is 0 Å². The lowest BCUT2D eigenvalue weighted by Gasteiger charge is -2.00. The highest BCUT2D eigenvalue weighted by atomic mass is 16.5. The van der Waals surface area contributed by atoms with Crippen LogP contribution in [0.3, 0.4) is 0 Å². The second-order valence-electron chi connectivity index (χ2n) is 2.86. The fourth-order valence-corrected chi connectivity index (χ4v) is 0.903. The van der Waals surface area contributed by atoms with Gasteiger partial charge in [-0.2, -0.15) is 0 Å². The van der Waals surface area contributed by atoms with E-state index in [4.69, 9.17) is 14.6 Å². The van der Waals surface area contributed by atoms with Crippen molar-refractivity contribution in [3.05, 3.63) is 0 Å². The average molecular weight is 220 g/mol. The third-order valence-corrected chi connectivity index (χ3v) is 1.60. The van der Waals surface area contributed by atoms with Crippen molar-refractivity contribution in [3.63, 3.8) is 0 Å². The van der Waals surface area contributed by atoms with Crippen molar-refractivity contribution in [1.82, 2.24) is 0 Å². The first-order chi connectivity index (χ1) is 7.31. The second kappa shape index (κ2) is 11.4. The molecule has 0 aromatic heterocycles. The van der Waals surface area contributed by atoms with E-state index in [1.807, 2.05) is 6.92 Å². The van der Waals surface area contributed by atoms with Gasteiger partial charge in [0, 0.05) is 13.0 Å². The molecule has 0 aromatic carbocycles. The minimum absolute atomic E-state index is 0.0463. The number of cyclic esters (lactones) is 1. The molecule has 15 heavy (non-hydrogen) atoms. The molecule has 5 nitrogen and oxygen atoms in total. The summed E-state index contributed by atoms with van der Waals surface area (Å²) in [4.78, 5) is 10.0. The molecule has 0 saturated carbocycles. The van der Waals surface area contributed by atoms with Crippen LogP contribution in [0.25, 0.3) is 0 Å². The van der Waals surface area contributed by atoms with E-state index in [2.05, 4.69) is 4.74 Å². The highest BCUT2D eigenvalue weighted by Crippen LogP contribution is 2.01. The number of esters is 1. The van der Waals surface area contributed by atoms with Gasteiger partial charge in [0.05, 0.1) is 33.0 Å². The summed E-state index contributed by atoms with van der Waals surface area (Å²) >= 11 is 0. The maximum atomic E-state index is 10.0. The van der Waals surface area contributed by atoms with Crippen LogP contribution in [0, 0.1) is 0 Å². The van der Waals surface area contributed by atoms with E-state index < -0.39 is 0 Å². The molecule has 1 aliphatic rings. The summed E-state index contributed by atoms with van der Waals surface area (Å²) in [7, 11) is 0. The van der Waals surface area contributed by atoms with Crippen molar-refractivity contribution in [2.45, 2.75) is 19.8 Å². The molecule has 1 heterocycles. The van der Waals surface area contributed by atoms with E-state index in [0.717, 1.165) is 13.0 Å². The summed E-state index contributed by atoms with van der Waals surface area (Å²) < 4.78 is 14.4. The molecule has 0 amide bonds. The normalized spacial score (nSPS) is 14.4. The number of ether oxygens (including phenoxy) is 3. The lowest BCUT2D eigenvalue weighted by molar-refractivity contribution is -0.137. The molecule has 0 aliphatic carbocycles. The fraction of sp³-hybridized carbons (Fsp3) is 0.900. The first-order valence-corrected chi connectivity index (χ1v) is 5.23. The zero-order chi connectivity index (χ0) is 11.4. The fourth-order valence-electron chi connectivity index (χ4n) is 0.903.